The lowest BCUT2D eigenvalue weighted by molar-refractivity contribution is -0.386. The molecular formula is C22H23F3N2O4S. The van der Waals surface area contributed by atoms with Crippen molar-refractivity contribution >= 4 is 22.5 Å². The first-order valence-corrected chi connectivity index (χ1v) is 10.9. The van der Waals surface area contributed by atoms with Crippen molar-refractivity contribution in [1.29, 1.82) is 0 Å². The highest BCUT2D eigenvalue weighted by Crippen LogP contribution is 2.38. The van der Waals surface area contributed by atoms with E-state index in [1.54, 1.807) is 23.5 Å². The average Bonchev–Trinajstić information content (AvgIpc) is 3.19. The van der Waals surface area contributed by atoms with Gasteiger partial charge < -0.3 is 9.47 Å². The molecule has 1 aliphatic carbocycles. The number of methoxy groups -OCH3 is 1. The van der Waals surface area contributed by atoms with E-state index in [-0.39, 0.29) is 11.5 Å². The number of rotatable bonds is 8. The maximum atomic E-state index is 12.9. The Balaban J connectivity index is 1.75. The molecule has 0 unspecified atom stereocenters. The SMILES string of the molecule is CCCCN1C=[S+][C-](C=C2C=C(OC)C(Oc3ccc(C(F)(F)F)cc3[N+](=O)[O-])=CC2)C1. The van der Waals surface area contributed by atoms with Gasteiger partial charge in [-0.15, -0.1) is 0 Å². The van der Waals surface area contributed by atoms with Gasteiger partial charge in [0.15, 0.2) is 5.76 Å². The average molecular weight is 468 g/mol. The molecule has 1 aromatic carbocycles. The molecule has 1 aliphatic heterocycles. The Hall–Kier alpha value is -2.85. The highest BCUT2D eigenvalue weighted by Gasteiger charge is 2.33. The van der Waals surface area contributed by atoms with Crippen molar-refractivity contribution in [3.8, 4) is 5.75 Å². The number of nitro groups is 1. The first-order chi connectivity index (χ1) is 15.2. The van der Waals surface area contributed by atoms with Crippen molar-refractivity contribution in [3.63, 3.8) is 0 Å². The number of hydrogen-bond acceptors (Lipinski definition) is 5. The number of nitrogens with zero attached hydrogens (tertiary/aromatic N) is 2. The highest BCUT2D eigenvalue weighted by atomic mass is 32.1. The number of hydrogen-bond donors (Lipinski definition) is 0. The molecule has 10 heteroatoms. The minimum absolute atomic E-state index is 0.215. The second-order valence-electron chi connectivity index (χ2n) is 7.26. The van der Waals surface area contributed by atoms with E-state index in [2.05, 4.69) is 23.4 Å². The predicted octanol–water partition coefficient (Wildman–Crippen LogP) is 5.23. The summed E-state index contributed by atoms with van der Waals surface area (Å²) in [5.41, 5.74) is 1.21. The quantitative estimate of drug-likeness (QED) is 0.172. The van der Waals surface area contributed by atoms with E-state index in [1.807, 2.05) is 0 Å². The molecule has 2 aliphatic rings. The van der Waals surface area contributed by atoms with Gasteiger partial charge in [0.25, 0.3) is 0 Å². The Bertz CT molecular complexity index is 986. The molecule has 172 valence electrons. The second-order valence-corrected chi connectivity index (χ2v) is 8.23. The summed E-state index contributed by atoms with van der Waals surface area (Å²) in [6, 6.07) is 2.17. The van der Waals surface area contributed by atoms with Crippen molar-refractivity contribution in [2.45, 2.75) is 32.4 Å². The third kappa shape index (κ3) is 5.89. The predicted molar refractivity (Wildman–Crippen MR) is 118 cm³/mol. The molecule has 1 aromatic rings. The molecule has 0 saturated carbocycles. The van der Waals surface area contributed by atoms with Crippen molar-refractivity contribution < 1.29 is 27.6 Å². The van der Waals surface area contributed by atoms with Crippen LogP contribution in [0.15, 0.2) is 53.5 Å². The fraction of sp³-hybridized carbons (Fsp3) is 0.364. The molecule has 0 bridgehead atoms. The Labute approximate surface area is 188 Å². The standard InChI is InChI=1S/C22H23F3N2O4S/c1-3-4-9-26-13-17(32-14-26)10-15-5-7-20(21(11-15)30-2)31-19-8-6-16(22(23,24)25)12-18(19)27(28)29/h6-8,10-12,14H,3-5,9,13H2,1-2H3. The van der Waals surface area contributed by atoms with E-state index in [1.165, 1.54) is 12.4 Å². The summed E-state index contributed by atoms with van der Waals surface area (Å²) in [4.78, 5) is 12.7. The van der Waals surface area contributed by atoms with Gasteiger partial charge in [-0.1, -0.05) is 31.9 Å². The number of allylic oxidation sites excluding steroid dienone is 3. The van der Waals surface area contributed by atoms with Gasteiger partial charge in [0.1, 0.15) is 17.1 Å². The Kier molecular flexibility index (Phi) is 7.57. The lowest BCUT2D eigenvalue weighted by Gasteiger charge is -2.21. The van der Waals surface area contributed by atoms with Crippen LogP contribution >= 0.6 is 0 Å². The zero-order chi connectivity index (χ0) is 23.3. The van der Waals surface area contributed by atoms with E-state index >= 15 is 0 Å². The first kappa shape index (κ1) is 23.8. The Morgan fingerprint density at radius 2 is 2.12 bits per heavy atom. The fourth-order valence-electron chi connectivity index (χ4n) is 3.20. The van der Waals surface area contributed by atoms with E-state index in [0.717, 1.165) is 43.6 Å². The van der Waals surface area contributed by atoms with E-state index in [4.69, 9.17) is 9.47 Å². The zero-order valence-corrected chi connectivity index (χ0v) is 18.5. The van der Waals surface area contributed by atoms with Crippen LogP contribution < -0.4 is 4.74 Å². The van der Waals surface area contributed by atoms with Crippen LogP contribution in [0.5, 0.6) is 5.75 Å². The van der Waals surface area contributed by atoms with Crippen LogP contribution in [0, 0.1) is 15.4 Å². The molecule has 0 saturated heterocycles. The molecule has 0 spiro atoms. The molecule has 0 fully saturated rings. The van der Waals surface area contributed by atoms with Crippen LogP contribution in [0.2, 0.25) is 0 Å². The van der Waals surface area contributed by atoms with Gasteiger partial charge in [0, 0.05) is 19.2 Å². The summed E-state index contributed by atoms with van der Waals surface area (Å²) in [6.45, 7) is 4.01. The summed E-state index contributed by atoms with van der Waals surface area (Å²) in [5, 5.41) is 12.5. The molecule has 0 amide bonds. The first-order valence-electron chi connectivity index (χ1n) is 10.0. The molecule has 32 heavy (non-hydrogen) atoms. The topological polar surface area (TPSA) is 64.8 Å². The van der Waals surface area contributed by atoms with Gasteiger partial charge in [0.2, 0.25) is 11.2 Å². The van der Waals surface area contributed by atoms with Crippen molar-refractivity contribution in [2.24, 2.45) is 0 Å². The fourth-order valence-corrected chi connectivity index (χ4v) is 4.12. The minimum atomic E-state index is -4.69. The van der Waals surface area contributed by atoms with E-state index in [9.17, 15) is 23.3 Å². The van der Waals surface area contributed by atoms with Gasteiger partial charge in [-0.2, -0.15) is 24.8 Å². The maximum Gasteiger partial charge on any atom is 0.416 e. The smallest absolute Gasteiger partial charge is 0.416 e. The number of alkyl halides is 3. The van der Waals surface area contributed by atoms with Gasteiger partial charge in [-0.25, -0.2) is 4.90 Å². The molecule has 1 heterocycles. The summed E-state index contributed by atoms with van der Waals surface area (Å²) >= 11 is 1.67. The molecule has 3 rings (SSSR count). The third-order valence-corrected chi connectivity index (χ3v) is 5.82. The van der Waals surface area contributed by atoms with Crippen LogP contribution in [-0.2, 0) is 22.3 Å². The highest BCUT2D eigenvalue weighted by molar-refractivity contribution is 7.80. The monoisotopic (exact) mass is 468 g/mol. The Morgan fingerprint density at radius 3 is 2.78 bits per heavy atom. The van der Waals surface area contributed by atoms with E-state index in [0.29, 0.717) is 18.2 Å². The lowest BCUT2D eigenvalue weighted by atomic mass is 10.0. The molecular weight excluding hydrogens is 445 g/mol. The second kappa shape index (κ2) is 10.2. The van der Waals surface area contributed by atoms with Crippen molar-refractivity contribution in [2.75, 3.05) is 20.2 Å². The summed E-state index contributed by atoms with van der Waals surface area (Å²) in [7, 11) is 1.44. The van der Waals surface area contributed by atoms with Gasteiger partial charge >= 0.3 is 11.9 Å². The molecule has 0 atom stereocenters. The van der Waals surface area contributed by atoms with Crippen LogP contribution in [0.25, 0.3) is 0 Å². The van der Waals surface area contributed by atoms with Crippen LogP contribution in [0.4, 0.5) is 18.9 Å². The zero-order valence-electron chi connectivity index (χ0n) is 17.6. The number of unbranched alkanes of at least 4 members (excludes halogenated alkanes) is 1. The number of benzene rings is 1. The van der Waals surface area contributed by atoms with Crippen LogP contribution in [0.1, 0.15) is 31.7 Å². The molecule has 0 N–H and O–H groups in total. The largest absolute Gasteiger partial charge is 0.494 e. The van der Waals surface area contributed by atoms with Gasteiger partial charge in [-0.3, -0.25) is 10.1 Å². The maximum absolute atomic E-state index is 12.9. The summed E-state index contributed by atoms with van der Waals surface area (Å²) in [5.74, 6) is 0.270. The molecule has 0 aromatic heterocycles. The number of nitro benzene ring substituents is 1. The van der Waals surface area contributed by atoms with Crippen molar-refractivity contribution in [3.05, 3.63) is 74.4 Å². The number of ether oxygens (including phenoxy) is 2. The van der Waals surface area contributed by atoms with Gasteiger partial charge in [0.05, 0.1) is 22.8 Å². The van der Waals surface area contributed by atoms with Gasteiger partial charge in [-0.05, 0) is 18.6 Å². The molecule has 6 nitrogen and oxygen atoms in total. The van der Waals surface area contributed by atoms with Crippen LogP contribution in [-0.4, -0.2) is 35.5 Å². The van der Waals surface area contributed by atoms with Crippen molar-refractivity contribution in [1.82, 2.24) is 4.90 Å². The summed E-state index contributed by atoms with van der Waals surface area (Å²) < 4.78 is 49.7. The van der Waals surface area contributed by atoms with E-state index < -0.39 is 22.4 Å². The summed E-state index contributed by atoms with van der Waals surface area (Å²) in [6.07, 6.45) is 3.61. The lowest BCUT2D eigenvalue weighted by Crippen LogP contribution is -2.21. The Morgan fingerprint density at radius 1 is 1.34 bits per heavy atom. The minimum Gasteiger partial charge on any atom is -0.494 e. The molecule has 0 radical (unpaired) electrons. The number of halogens is 3. The third-order valence-electron chi connectivity index (χ3n) is 4.86. The van der Waals surface area contributed by atoms with Crippen LogP contribution in [0.3, 0.4) is 0 Å². The normalized spacial score (nSPS) is 18.0.